The van der Waals surface area contributed by atoms with E-state index in [-0.39, 0.29) is 22.8 Å². The number of benzene rings is 2. The van der Waals surface area contributed by atoms with Crippen molar-refractivity contribution in [2.45, 2.75) is 58.4 Å². The lowest BCUT2D eigenvalue weighted by atomic mass is 9.87. The average Bonchev–Trinajstić information content (AvgIpc) is 2.79. The number of pyridine rings is 1. The number of anilines is 1. The second-order valence-corrected chi connectivity index (χ2v) is 9.21. The molecule has 0 aliphatic rings. The minimum absolute atomic E-state index is 0.0104. The third kappa shape index (κ3) is 6.08. The summed E-state index contributed by atoms with van der Waals surface area (Å²) in [6.45, 7) is 6.97. The van der Waals surface area contributed by atoms with Crippen molar-refractivity contribution >= 4 is 28.4 Å². The molecule has 3 rings (SSSR count). The number of hydroxylamine groups is 1. The van der Waals surface area contributed by atoms with E-state index in [1.807, 2.05) is 41.0 Å². The van der Waals surface area contributed by atoms with Gasteiger partial charge in [-0.05, 0) is 48.1 Å². The zero-order chi connectivity index (χ0) is 24.0. The number of aryl methyl sites for hydroxylation is 1. The number of aromatic nitrogens is 1. The molecular weight excluding hydrogens is 418 g/mol. The zero-order valence-corrected chi connectivity index (χ0v) is 19.4. The maximum Gasteiger partial charge on any atom is 0.261 e. The van der Waals surface area contributed by atoms with Crippen LogP contribution in [-0.4, -0.2) is 21.6 Å². The highest BCUT2D eigenvalue weighted by Gasteiger charge is 2.17. The van der Waals surface area contributed by atoms with E-state index in [9.17, 15) is 14.4 Å². The fraction of sp³-hybridized carbons (Fsp3) is 0.346. The lowest BCUT2D eigenvalue weighted by molar-refractivity contribution is -0.129. The minimum atomic E-state index is -0.442. The van der Waals surface area contributed by atoms with Gasteiger partial charge in [0.15, 0.2) is 0 Å². The lowest BCUT2D eigenvalue weighted by Gasteiger charge is -2.19. The predicted molar refractivity (Wildman–Crippen MR) is 130 cm³/mol. The van der Waals surface area contributed by atoms with Gasteiger partial charge >= 0.3 is 0 Å². The number of amides is 2. The summed E-state index contributed by atoms with van der Waals surface area (Å²) in [5, 5.41) is 11.9. The summed E-state index contributed by atoms with van der Waals surface area (Å²) in [7, 11) is 0. The standard InChI is InChI=1S/C26H31N3O4/c1-26(2,3)18-12-14-19(15-13-18)27-25(32)21-17-29(16-8-4-5-11-23(30)28-33)22-10-7-6-9-20(22)24(21)31/h6-7,9-10,12-15,17,33H,4-5,8,11,16H2,1-3H3,(H,27,32)(H,28,30). The van der Waals surface area contributed by atoms with Gasteiger partial charge in [0.05, 0.1) is 5.52 Å². The van der Waals surface area contributed by atoms with Crippen LogP contribution in [0.15, 0.2) is 59.5 Å². The van der Waals surface area contributed by atoms with Gasteiger partial charge in [-0.2, -0.15) is 0 Å². The number of carbonyl (C=O) groups is 2. The largest absolute Gasteiger partial charge is 0.346 e. The van der Waals surface area contributed by atoms with Gasteiger partial charge in [0.25, 0.3) is 5.91 Å². The Hall–Kier alpha value is -3.45. The summed E-state index contributed by atoms with van der Waals surface area (Å²) < 4.78 is 1.92. The number of rotatable bonds is 8. The van der Waals surface area contributed by atoms with E-state index < -0.39 is 11.8 Å². The van der Waals surface area contributed by atoms with Crippen LogP contribution in [0, 0.1) is 0 Å². The van der Waals surface area contributed by atoms with Crippen molar-refractivity contribution in [1.82, 2.24) is 10.0 Å². The van der Waals surface area contributed by atoms with Crippen LogP contribution in [0.5, 0.6) is 0 Å². The molecule has 0 aliphatic heterocycles. The SMILES string of the molecule is CC(C)(C)c1ccc(NC(=O)c2cn(CCCCCC(=O)NO)c3ccccc3c2=O)cc1. The van der Waals surface area contributed by atoms with Gasteiger partial charge < -0.3 is 9.88 Å². The molecule has 0 fully saturated rings. The molecule has 1 aromatic heterocycles. The van der Waals surface area contributed by atoms with Crippen LogP contribution in [0.1, 0.15) is 62.4 Å². The van der Waals surface area contributed by atoms with Gasteiger partial charge in [-0.3, -0.25) is 19.6 Å². The second kappa shape index (κ2) is 10.4. The summed E-state index contributed by atoms with van der Waals surface area (Å²) >= 11 is 0. The first-order valence-electron chi connectivity index (χ1n) is 11.2. The van der Waals surface area contributed by atoms with Crippen molar-refractivity contribution in [3.8, 4) is 0 Å². The van der Waals surface area contributed by atoms with Crippen LogP contribution in [-0.2, 0) is 16.8 Å². The number of carbonyl (C=O) groups excluding carboxylic acids is 2. The van der Waals surface area contributed by atoms with E-state index in [2.05, 4.69) is 26.1 Å². The molecule has 0 bridgehead atoms. The van der Waals surface area contributed by atoms with Crippen LogP contribution < -0.4 is 16.2 Å². The molecule has 0 spiro atoms. The monoisotopic (exact) mass is 449 g/mol. The molecule has 7 nitrogen and oxygen atoms in total. The van der Waals surface area contributed by atoms with Gasteiger partial charge in [0.1, 0.15) is 5.56 Å². The van der Waals surface area contributed by atoms with E-state index in [0.29, 0.717) is 24.0 Å². The Labute approximate surface area is 193 Å². The molecule has 33 heavy (non-hydrogen) atoms. The first kappa shape index (κ1) is 24.2. The van der Waals surface area contributed by atoms with E-state index in [1.54, 1.807) is 23.8 Å². The highest BCUT2D eigenvalue weighted by atomic mass is 16.5. The van der Waals surface area contributed by atoms with E-state index >= 15 is 0 Å². The Kier molecular flexibility index (Phi) is 7.66. The fourth-order valence-corrected chi connectivity index (χ4v) is 3.74. The van der Waals surface area contributed by atoms with Crippen molar-refractivity contribution in [1.29, 1.82) is 0 Å². The quantitative estimate of drug-likeness (QED) is 0.265. The number of nitrogens with zero attached hydrogens (tertiary/aromatic N) is 1. The molecule has 174 valence electrons. The summed E-state index contributed by atoms with van der Waals surface area (Å²) in [5.74, 6) is -0.846. The van der Waals surface area contributed by atoms with Crippen LogP contribution >= 0.6 is 0 Å². The van der Waals surface area contributed by atoms with Crippen molar-refractivity contribution in [2.24, 2.45) is 0 Å². The molecule has 0 saturated carbocycles. The topological polar surface area (TPSA) is 100 Å². The van der Waals surface area contributed by atoms with Crippen molar-refractivity contribution in [3.05, 3.63) is 76.1 Å². The fourth-order valence-electron chi connectivity index (χ4n) is 3.74. The third-order valence-corrected chi connectivity index (χ3v) is 5.67. The molecule has 1 heterocycles. The van der Waals surface area contributed by atoms with E-state index in [0.717, 1.165) is 23.9 Å². The van der Waals surface area contributed by atoms with Crippen LogP contribution in [0.4, 0.5) is 5.69 Å². The molecular formula is C26H31N3O4. The molecule has 2 amide bonds. The van der Waals surface area contributed by atoms with Gasteiger partial charge in [-0.1, -0.05) is 51.5 Å². The third-order valence-electron chi connectivity index (χ3n) is 5.67. The van der Waals surface area contributed by atoms with Crippen LogP contribution in [0.2, 0.25) is 0 Å². The number of para-hydroxylation sites is 1. The van der Waals surface area contributed by atoms with Crippen molar-refractivity contribution in [3.63, 3.8) is 0 Å². The smallest absolute Gasteiger partial charge is 0.261 e. The Morgan fingerprint density at radius 2 is 1.67 bits per heavy atom. The molecule has 0 radical (unpaired) electrons. The molecule has 3 aromatic rings. The number of hydrogen-bond donors (Lipinski definition) is 3. The Morgan fingerprint density at radius 1 is 0.970 bits per heavy atom. The van der Waals surface area contributed by atoms with Gasteiger partial charge in [0, 0.05) is 30.2 Å². The highest BCUT2D eigenvalue weighted by molar-refractivity contribution is 6.05. The molecule has 0 atom stereocenters. The molecule has 0 saturated heterocycles. The average molecular weight is 450 g/mol. The molecule has 0 unspecified atom stereocenters. The molecule has 0 aliphatic carbocycles. The summed E-state index contributed by atoms with van der Waals surface area (Å²) in [6, 6.07) is 14.9. The van der Waals surface area contributed by atoms with Gasteiger partial charge in [-0.25, -0.2) is 5.48 Å². The predicted octanol–water partition coefficient (Wildman–Crippen LogP) is 4.62. The zero-order valence-electron chi connectivity index (χ0n) is 19.4. The Morgan fingerprint density at radius 3 is 2.33 bits per heavy atom. The van der Waals surface area contributed by atoms with Crippen LogP contribution in [0.25, 0.3) is 10.9 Å². The molecule has 2 aromatic carbocycles. The minimum Gasteiger partial charge on any atom is -0.346 e. The maximum absolute atomic E-state index is 13.0. The highest BCUT2D eigenvalue weighted by Crippen LogP contribution is 2.23. The Balaban J connectivity index is 1.80. The lowest BCUT2D eigenvalue weighted by Crippen LogP contribution is -2.24. The second-order valence-electron chi connectivity index (χ2n) is 9.21. The number of unbranched alkanes of at least 4 members (excludes halogenated alkanes) is 2. The Bertz CT molecular complexity index is 1190. The molecule has 7 heteroatoms. The maximum atomic E-state index is 13.0. The number of hydrogen-bond acceptors (Lipinski definition) is 4. The van der Waals surface area contributed by atoms with E-state index in [1.165, 1.54) is 0 Å². The van der Waals surface area contributed by atoms with Crippen molar-refractivity contribution in [2.75, 3.05) is 5.32 Å². The van der Waals surface area contributed by atoms with Gasteiger partial charge in [0.2, 0.25) is 11.3 Å². The summed E-state index contributed by atoms with van der Waals surface area (Å²) in [4.78, 5) is 37.2. The number of fused-ring (bicyclic) bond motifs is 1. The molecule has 3 N–H and O–H groups in total. The number of nitrogens with one attached hydrogen (secondary N) is 2. The summed E-state index contributed by atoms with van der Waals surface area (Å²) in [6.07, 6.45) is 4.05. The van der Waals surface area contributed by atoms with Crippen LogP contribution in [0.3, 0.4) is 0 Å². The van der Waals surface area contributed by atoms with Gasteiger partial charge in [-0.15, -0.1) is 0 Å². The summed E-state index contributed by atoms with van der Waals surface area (Å²) in [5.41, 5.74) is 3.99. The van der Waals surface area contributed by atoms with E-state index in [4.69, 9.17) is 5.21 Å². The first-order valence-corrected chi connectivity index (χ1v) is 11.2. The van der Waals surface area contributed by atoms with Crippen molar-refractivity contribution < 1.29 is 14.8 Å². The first-order chi connectivity index (χ1) is 15.7. The normalized spacial score (nSPS) is 11.4.